The lowest BCUT2D eigenvalue weighted by molar-refractivity contribution is -0.131. The average Bonchev–Trinajstić information content (AvgIpc) is 2.95. The molecule has 5 rings (SSSR count). The van der Waals surface area contributed by atoms with Gasteiger partial charge in [-0.3, -0.25) is 4.79 Å². The number of carboxylic acid groups (broad SMARTS) is 1. The number of ether oxygens (including phenoxy) is 1. The number of carbonyl (C=O) groups is 2. The molecule has 0 atom stereocenters. The first-order valence-corrected chi connectivity index (χ1v) is 13.0. The summed E-state index contributed by atoms with van der Waals surface area (Å²) >= 11 is 0. The van der Waals surface area contributed by atoms with Gasteiger partial charge in [-0.05, 0) is 65.4 Å². The number of nitrogens with zero attached hydrogens (tertiary/aromatic N) is 1. The Morgan fingerprint density at radius 3 is 2.54 bits per heavy atom. The van der Waals surface area contributed by atoms with Crippen LogP contribution in [0.15, 0.2) is 72.8 Å². The van der Waals surface area contributed by atoms with Gasteiger partial charge in [0.1, 0.15) is 12.4 Å². The zero-order valence-electron chi connectivity index (χ0n) is 20.9. The van der Waals surface area contributed by atoms with Crippen LogP contribution >= 0.6 is 0 Å². The number of aliphatic carboxylic acids is 1. The lowest BCUT2D eigenvalue weighted by Crippen LogP contribution is -2.36. The molecule has 2 aliphatic rings. The maximum absolute atomic E-state index is 13.7. The number of amides is 1. The highest BCUT2D eigenvalue weighted by Gasteiger charge is 2.27. The number of nitrogens with one attached hydrogen (secondary N) is 1. The second-order valence-electron chi connectivity index (χ2n) is 9.71. The molecule has 6 nitrogen and oxygen atoms in total. The van der Waals surface area contributed by atoms with E-state index in [1.165, 1.54) is 6.42 Å². The molecule has 0 spiro atoms. The molecule has 0 unspecified atom stereocenters. The van der Waals surface area contributed by atoms with Crippen molar-refractivity contribution in [1.29, 1.82) is 0 Å². The van der Waals surface area contributed by atoms with Gasteiger partial charge in [-0.2, -0.15) is 0 Å². The summed E-state index contributed by atoms with van der Waals surface area (Å²) in [6.07, 6.45) is 7.87. The first-order valence-electron chi connectivity index (χ1n) is 13.0. The summed E-state index contributed by atoms with van der Waals surface area (Å²) in [5, 5.41) is 12.4. The van der Waals surface area contributed by atoms with Crippen molar-refractivity contribution in [2.75, 3.05) is 23.4 Å². The summed E-state index contributed by atoms with van der Waals surface area (Å²) < 4.78 is 5.79. The molecule has 1 aliphatic carbocycles. The van der Waals surface area contributed by atoms with Crippen LogP contribution in [0.25, 0.3) is 17.2 Å². The molecule has 0 bridgehead atoms. The Hall–Kier alpha value is -4.06. The normalized spacial score (nSPS) is 15.5. The molecule has 37 heavy (non-hydrogen) atoms. The standard InChI is InChI=1S/C31H32N2O4/c34-30(35)16-11-22-5-4-8-27(19-22)33(31(36)25-6-2-1-3-7-25)21-23-9-12-24(13-10-23)26-14-15-28-29(20-26)37-18-17-32-28/h4-5,8-16,19-20,25,32H,1-3,6-7,17-18,21H2,(H,34,35). The van der Waals surface area contributed by atoms with Gasteiger partial charge in [0.2, 0.25) is 5.91 Å². The Kier molecular flexibility index (Phi) is 7.54. The van der Waals surface area contributed by atoms with E-state index in [2.05, 4.69) is 41.7 Å². The second-order valence-corrected chi connectivity index (χ2v) is 9.71. The van der Waals surface area contributed by atoms with Crippen LogP contribution in [0.1, 0.15) is 43.2 Å². The molecular weight excluding hydrogens is 464 g/mol. The van der Waals surface area contributed by atoms with Crippen molar-refractivity contribution in [3.05, 3.63) is 83.9 Å². The molecule has 2 N–H and O–H groups in total. The maximum Gasteiger partial charge on any atom is 0.328 e. The minimum atomic E-state index is -0.998. The Labute approximate surface area is 217 Å². The number of benzene rings is 3. The van der Waals surface area contributed by atoms with Crippen molar-refractivity contribution in [3.8, 4) is 16.9 Å². The molecular formula is C31H32N2O4. The van der Waals surface area contributed by atoms with Gasteiger partial charge in [0, 0.05) is 24.2 Å². The predicted octanol–water partition coefficient (Wildman–Crippen LogP) is 6.37. The van der Waals surface area contributed by atoms with Crippen LogP contribution < -0.4 is 15.0 Å². The zero-order valence-corrected chi connectivity index (χ0v) is 20.9. The topological polar surface area (TPSA) is 78.9 Å². The number of carbonyl (C=O) groups excluding carboxylic acids is 1. The van der Waals surface area contributed by atoms with E-state index in [0.29, 0.717) is 13.2 Å². The van der Waals surface area contributed by atoms with E-state index in [1.54, 1.807) is 6.08 Å². The lowest BCUT2D eigenvalue weighted by atomic mass is 9.88. The van der Waals surface area contributed by atoms with Crippen LogP contribution in [0.5, 0.6) is 5.75 Å². The lowest BCUT2D eigenvalue weighted by Gasteiger charge is -2.30. The third-order valence-electron chi connectivity index (χ3n) is 7.11. The van der Waals surface area contributed by atoms with Crippen molar-refractivity contribution >= 4 is 29.3 Å². The quantitative estimate of drug-likeness (QED) is 0.372. The first kappa shape index (κ1) is 24.6. The van der Waals surface area contributed by atoms with Gasteiger partial charge in [-0.1, -0.05) is 61.7 Å². The van der Waals surface area contributed by atoms with Gasteiger partial charge >= 0.3 is 5.97 Å². The maximum atomic E-state index is 13.7. The highest BCUT2D eigenvalue weighted by Crippen LogP contribution is 2.33. The summed E-state index contributed by atoms with van der Waals surface area (Å²) in [5.41, 5.74) is 5.76. The number of hydrogen-bond donors (Lipinski definition) is 2. The van der Waals surface area contributed by atoms with Crippen molar-refractivity contribution in [1.82, 2.24) is 0 Å². The van der Waals surface area contributed by atoms with Crippen molar-refractivity contribution in [2.24, 2.45) is 5.92 Å². The van der Waals surface area contributed by atoms with Crippen LogP contribution in [0, 0.1) is 5.92 Å². The number of fused-ring (bicyclic) bond motifs is 1. The SMILES string of the molecule is O=C(O)C=Cc1cccc(N(Cc2ccc(-c3ccc4c(c3)OCCN4)cc2)C(=O)C2CCCCC2)c1. The van der Waals surface area contributed by atoms with Crippen LogP contribution in [0.4, 0.5) is 11.4 Å². The van der Waals surface area contributed by atoms with Crippen LogP contribution in [-0.4, -0.2) is 30.1 Å². The highest BCUT2D eigenvalue weighted by molar-refractivity contribution is 5.95. The van der Waals surface area contributed by atoms with E-state index in [1.807, 2.05) is 35.2 Å². The Bertz CT molecular complexity index is 1290. The fraction of sp³-hybridized carbons (Fsp3) is 0.290. The minimum absolute atomic E-state index is 0.0235. The van der Waals surface area contributed by atoms with Crippen molar-refractivity contribution in [3.63, 3.8) is 0 Å². The summed E-state index contributed by atoms with van der Waals surface area (Å²) in [6.45, 7) is 1.93. The number of anilines is 2. The molecule has 1 aliphatic heterocycles. The largest absolute Gasteiger partial charge is 0.490 e. The average molecular weight is 497 g/mol. The molecule has 6 heteroatoms. The number of hydrogen-bond acceptors (Lipinski definition) is 4. The summed E-state index contributed by atoms with van der Waals surface area (Å²) in [7, 11) is 0. The van der Waals surface area contributed by atoms with E-state index >= 15 is 0 Å². The smallest absolute Gasteiger partial charge is 0.328 e. The van der Waals surface area contributed by atoms with Crippen LogP contribution in [0.2, 0.25) is 0 Å². The van der Waals surface area contributed by atoms with E-state index in [-0.39, 0.29) is 11.8 Å². The molecule has 0 radical (unpaired) electrons. The molecule has 3 aromatic rings. The van der Waals surface area contributed by atoms with E-state index in [0.717, 1.165) is 77.7 Å². The summed E-state index contributed by atoms with van der Waals surface area (Å²) in [5.74, 6) is 0.0362. The van der Waals surface area contributed by atoms with E-state index in [4.69, 9.17) is 9.84 Å². The third kappa shape index (κ3) is 6.02. The van der Waals surface area contributed by atoms with Crippen LogP contribution in [0.3, 0.4) is 0 Å². The molecule has 1 heterocycles. The Morgan fingerprint density at radius 2 is 1.76 bits per heavy atom. The van der Waals surface area contributed by atoms with E-state index < -0.39 is 5.97 Å². The van der Waals surface area contributed by atoms with Crippen LogP contribution in [-0.2, 0) is 16.1 Å². The fourth-order valence-electron chi connectivity index (χ4n) is 5.13. The van der Waals surface area contributed by atoms with E-state index in [9.17, 15) is 9.59 Å². The number of carboxylic acids is 1. The first-order chi connectivity index (χ1) is 18.1. The third-order valence-corrected chi connectivity index (χ3v) is 7.11. The fourth-order valence-corrected chi connectivity index (χ4v) is 5.13. The summed E-state index contributed by atoms with van der Waals surface area (Å²) in [4.78, 5) is 26.5. The predicted molar refractivity (Wildman–Crippen MR) is 147 cm³/mol. The monoisotopic (exact) mass is 496 g/mol. The number of rotatable bonds is 7. The molecule has 3 aromatic carbocycles. The highest BCUT2D eigenvalue weighted by atomic mass is 16.5. The van der Waals surface area contributed by atoms with Gasteiger partial charge in [0.25, 0.3) is 0 Å². The second kappa shape index (κ2) is 11.3. The molecule has 1 saturated carbocycles. The molecule has 1 fully saturated rings. The minimum Gasteiger partial charge on any atom is -0.490 e. The Morgan fingerprint density at radius 1 is 0.973 bits per heavy atom. The molecule has 0 saturated heterocycles. The molecule has 190 valence electrons. The Balaban J connectivity index is 1.40. The summed E-state index contributed by atoms with van der Waals surface area (Å²) in [6, 6.07) is 22.0. The zero-order chi connectivity index (χ0) is 25.6. The van der Waals surface area contributed by atoms with Gasteiger partial charge in [0.15, 0.2) is 0 Å². The molecule has 1 amide bonds. The van der Waals surface area contributed by atoms with Gasteiger partial charge in [0.05, 0.1) is 12.2 Å². The van der Waals surface area contributed by atoms with Gasteiger partial charge in [-0.15, -0.1) is 0 Å². The molecule has 0 aromatic heterocycles. The van der Waals surface area contributed by atoms with Crippen molar-refractivity contribution in [2.45, 2.75) is 38.6 Å². The van der Waals surface area contributed by atoms with Gasteiger partial charge < -0.3 is 20.1 Å². The van der Waals surface area contributed by atoms with Crippen molar-refractivity contribution < 1.29 is 19.4 Å². The van der Waals surface area contributed by atoms with Gasteiger partial charge in [-0.25, -0.2) is 4.79 Å².